The van der Waals surface area contributed by atoms with E-state index in [-0.39, 0.29) is 11.7 Å². The molecule has 18 heavy (non-hydrogen) atoms. The van der Waals surface area contributed by atoms with Gasteiger partial charge in [0.15, 0.2) is 0 Å². The maximum absolute atomic E-state index is 13.5. The molecule has 4 nitrogen and oxygen atoms in total. The molecule has 0 fully saturated rings. The van der Waals surface area contributed by atoms with Crippen LogP contribution in [0.2, 0.25) is 0 Å². The Morgan fingerprint density at radius 3 is 2.61 bits per heavy atom. The Kier molecular flexibility index (Phi) is 5.18. The number of nitrogens with one attached hydrogen (secondary N) is 1. The van der Waals surface area contributed by atoms with Gasteiger partial charge in [-0.25, -0.2) is 9.18 Å². The normalized spacial score (nSPS) is 12.3. The molecule has 1 atom stereocenters. The van der Waals surface area contributed by atoms with Crippen molar-refractivity contribution in [2.45, 2.75) is 19.9 Å². The standard InChI is InChI=1S/C12H16FIN2O2/c1-6(2)11(12(17)18-3)16-10-4-7(13)8(14)5-9(10)15/h4-6,11,16H,15H2,1-3H3. The van der Waals surface area contributed by atoms with Crippen molar-refractivity contribution in [3.05, 3.63) is 21.5 Å². The van der Waals surface area contributed by atoms with Crippen LogP contribution in [0.3, 0.4) is 0 Å². The van der Waals surface area contributed by atoms with Crippen LogP contribution in [0.5, 0.6) is 0 Å². The number of halogens is 2. The lowest BCUT2D eigenvalue weighted by Crippen LogP contribution is -2.35. The van der Waals surface area contributed by atoms with Gasteiger partial charge in [-0.1, -0.05) is 13.8 Å². The molecule has 0 spiro atoms. The summed E-state index contributed by atoms with van der Waals surface area (Å²) in [5.41, 5.74) is 6.59. The lowest BCUT2D eigenvalue weighted by Gasteiger charge is -2.22. The van der Waals surface area contributed by atoms with Crippen LogP contribution in [0.25, 0.3) is 0 Å². The minimum Gasteiger partial charge on any atom is -0.467 e. The zero-order valence-corrected chi connectivity index (χ0v) is 12.6. The van der Waals surface area contributed by atoms with Crippen molar-refractivity contribution in [2.24, 2.45) is 5.92 Å². The Labute approximate surface area is 119 Å². The highest BCUT2D eigenvalue weighted by molar-refractivity contribution is 14.1. The van der Waals surface area contributed by atoms with Gasteiger partial charge in [-0.2, -0.15) is 0 Å². The molecule has 0 amide bonds. The third-order valence-electron chi connectivity index (χ3n) is 2.53. The van der Waals surface area contributed by atoms with Crippen LogP contribution in [-0.2, 0) is 9.53 Å². The fourth-order valence-corrected chi connectivity index (χ4v) is 1.97. The summed E-state index contributed by atoms with van der Waals surface area (Å²) in [6.45, 7) is 3.74. The number of esters is 1. The van der Waals surface area contributed by atoms with E-state index in [9.17, 15) is 9.18 Å². The molecule has 1 unspecified atom stereocenters. The van der Waals surface area contributed by atoms with E-state index in [0.717, 1.165) is 0 Å². The van der Waals surface area contributed by atoms with Gasteiger partial charge < -0.3 is 15.8 Å². The molecule has 6 heteroatoms. The smallest absolute Gasteiger partial charge is 0.328 e. The molecule has 0 radical (unpaired) electrons. The van der Waals surface area contributed by atoms with Gasteiger partial charge in [0, 0.05) is 6.07 Å². The van der Waals surface area contributed by atoms with Gasteiger partial charge in [0.1, 0.15) is 11.9 Å². The highest BCUT2D eigenvalue weighted by atomic mass is 127. The zero-order chi connectivity index (χ0) is 13.9. The molecule has 0 aromatic heterocycles. The second-order valence-electron chi connectivity index (χ2n) is 4.24. The van der Waals surface area contributed by atoms with Gasteiger partial charge in [0.2, 0.25) is 0 Å². The summed E-state index contributed by atoms with van der Waals surface area (Å²) >= 11 is 1.86. The fraction of sp³-hybridized carbons (Fsp3) is 0.417. The summed E-state index contributed by atoms with van der Waals surface area (Å²) in [5, 5.41) is 2.92. The SMILES string of the molecule is COC(=O)C(Nc1cc(F)c(I)cc1N)C(C)C. The van der Waals surface area contributed by atoms with E-state index in [2.05, 4.69) is 5.32 Å². The highest BCUT2D eigenvalue weighted by Crippen LogP contribution is 2.25. The topological polar surface area (TPSA) is 64.3 Å². The number of hydrogen-bond donors (Lipinski definition) is 2. The number of nitrogen functional groups attached to an aromatic ring is 1. The predicted molar refractivity (Wildman–Crippen MR) is 77.8 cm³/mol. The lowest BCUT2D eigenvalue weighted by atomic mass is 10.0. The molecule has 1 aromatic rings. The lowest BCUT2D eigenvalue weighted by molar-refractivity contribution is -0.142. The number of nitrogens with two attached hydrogens (primary N) is 1. The summed E-state index contributed by atoms with van der Waals surface area (Å²) in [6, 6.07) is 2.25. The van der Waals surface area contributed by atoms with E-state index in [0.29, 0.717) is 14.9 Å². The fourth-order valence-electron chi connectivity index (χ4n) is 1.48. The van der Waals surface area contributed by atoms with Crippen LogP contribution < -0.4 is 11.1 Å². The number of rotatable bonds is 4. The molecule has 3 N–H and O–H groups in total. The Balaban J connectivity index is 3.01. The number of ether oxygens (including phenoxy) is 1. The quantitative estimate of drug-likeness (QED) is 0.489. The largest absolute Gasteiger partial charge is 0.467 e. The summed E-state index contributed by atoms with van der Waals surface area (Å²) in [5.74, 6) is -0.776. The molecule has 1 rings (SSSR count). The van der Waals surface area contributed by atoms with Crippen LogP contribution in [0.15, 0.2) is 12.1 Å². The summed E-state index contributed by atoms with van der Waals surface area (Å²) in [6.07, 6.45) is 0. The average molecular weight is 366 g/mol. The molecule has 100 valence electrons. The van der Waals surface area contributed by atoms with Crippen molar-refractivity contribution in [1.29, 1.82) is 0 Å². The third-order valence-corrected chi connectivity index (χ3v) is 3.35. The summed E-state index contributed by atoms with van der Waals surface area (Å²) < 4.78 is 18.6. The van der Waals surface area contributed by atoms with Gasteiger partial charge in [0.05, 0.1) is 22.1 Å². The van der Waals surface area contributed by atoms with Crippen LogP contribution >= 0.6 is 22.6 Å². The number of hydrogen-bond acceptors (Lipinski definition) is 4. The van der Waals surface area contributed by atoms with Gasteiger partial charge in [-0.15, -0.1) is 0 Å². The molecular formula is C12H16FIN2O2. The molecule has 0 aliphatic rings. The number of carbonyl (C=O) groups is 1. The van der Waals surface area contributed by atoms with Gasteiger partial charge in [-0.05, 0) is 34.6 Å². The van der Waals surface area contributed by atoms with Gasteiger partial charge in [0.25, 0.3) is 0 Å². The van der Waals surface area contributed by atoms with E-state index >= 15 is 0 Å². The first-order chi connectivity index (χ1) is 8.36. The molecule has 0 saturated heterocycles. The first-order valence-electron chi connectivity index (χ1n) is 5.45. The van der Waals surface area contributed by atoms with Crippen molar-refractivity contribution in [1.82, 2.24) is 0 Å². The number of benzene rings is 1. The number of methoxy groups -OCH3 is 1. The first kappa shape index (κ1) is 15.0. The zero-order valence-electron chi connectivity index (χ0n) is 10.5. The Morgan fingerprint density at radius 2 is 2.11 bits per heavy atom. The van der Waals surface area contributed by atoms with Crippen molar-refractivity contribution >= 4 is 39.9 Å². The monoisotopic (exact) mass is 366 g/mol. The van der Waals surface area contributed by atoms with E-state index in [1.165, 1.54) is 19.2 Å². The third kappa shape index (κ3) is 3.47. The van der Waals surface area contributed by atoms with Crippen molar-refractivity contribution in [3.63, 3.8) is 0 Å². The summed E-state index contributed by atoms with van der Waals surface area (Å²) in [4.78, 5) is 11.6. The molecular weight excluding hydrogens is 350 g/mol. The molecule has 0 aliphatic carbocycles. The maximum atomic E-state index is 13.5. The van der Waals surface area contributed by atoms with Crippen molar-refractivity contribution < 1.29 is 13.9 Å². The van der Waals surface area contributed by atoms with Crippen molar-refractivity contribution in [2.75, 3.05) is 18.2 Å². The molecule has 1 aromatic carbocycles. The van der Waals surface area contributed by atoms with Crippen LogP contribution in [0.4, 0.5) is 15.8 Å². The van der Waals surface area contributed by atoms with E-state index in [4.69, 9.17) is 10.5 Å². The highest BCUT2D eigenvalue weighted by Gasteiger charge is 2.23. The Bertz CT molecular complexity index is 452. The second-order valence-corrected chi connectivity index (χ2v) is 5.40. The van der Waals surface area contributed by atoms with E-state index < -0.39 is 12.0 Å². The summed E-state index contributed by atoms with van der Waals surface area (Å²) in [7, 11) is 1.32. The van der Waals surface area contributed by atoms with Gasteiger partial charge in [-0.3, -0.25) is 0 Å². The first-order valence-corrected chi connectivity index (χ1v) is 6.53. The van der Waals surface area contributed by atoms with Crippen LogP contribution in [-0.4, -0.2) is 19.1 Å². The molecule has 0 aliphatic heterocycles. The molecule has 0 bridgehead atoms. The van der Waals surface area contributed by atoms with Crippen LogP contribution in [0, 0.1) is 15.3 Å². The van der Waals surface area contributed by atoms with Gasteiger partial charge >= 0.3 is 5.97 Å². The second kappa shape index (κ2) is 6.21. The number of carbonyl (C=O) groups excluding carboxylic acids is 1. The number of anilines is 2. The minimum absolute atomic E-state index is 0.000751. The molecule has 0 saturated carbocycles. The van der Waals surface area contributed by atoms with Crippen molar-refractivity contribution in [3.8, 4) is 0 Å². The average Bonchev–Trinajstić information content (AvgIpc) is 2.30. The Morgan fingerprint density at radius 1 is 1.50 bits per heavy atom. The Hall–Kier alpha value is -1.05. The predicted octanol–water partition coefficient (Wildman–Crippen LogP) is 2.62. The maximum Gasteiger partial charge on any atom is 0.328 e. The van der Waals surface area contributed by atoms with Crippen LogP contribution in [0.1, 0.15) is 13.8 Å². The van der Waals surface area contributed by atoms with E-state index in [1.54, 1.807) is 0 Å². The molecule has 0 heterocycles. The minimum atomic E-state index is -0.559. The van der Waals surface area contributed by atoms with E-state index in [1.807, 2.05) is 36.4 Å².